The third-order valence-electron chi connectivity index (χ3n) is 1.67. The van der Waals surface area contributed by atoms with E-state index in [1.807, 2.05) is 0 Å². The summed E-state index contributed by atoms with van der Waals surface area (Å²) in [7, 11) is 1.45. The summed E-state index contributed by atoms with van der Waals surface area (Å²) >= 11 is 0. The van der Waals surface area contributed by atoms with E-state index in [9.17, 15) is 9.59 Å². The Morgan fingerprint density at radius 3 is 2.73 bits per heavy atom. The van der Waals surface area contributed by atoms with Gasteiger partial charge in [-0.1, -0.05) is 0 Å². The molecule has 0 aromatic carbocycles. The third-order valence-corrected chi connectivity index (χ3v) is 1.67. The van der Waals surface area contributed by atoms with E-state index in [1.165, 1.54) is 25.6 Å². The summed E-state index contributed by atoms with van der Waals surface area (Å²) in [5.41, 5.74) is 0.160. The molecule has 80 valence electrons. The van der Waals surface area contributed by atoms with Crippen LogP contribution in [0.2, 0.25) is 0 Å². The highest BCUT2D eigenvalue weighted by Gasteiger charge is 2.18. The number of ketones is 1. The van der Waals surface area contributed by atoms with Crippen LogP contribution in [-0.4, -0.2) is 30.5 Å². The molecule has 15 heavy (non-hydrogen) atoms. The van der Waals surface area contributed by atoms with Gasteiger partial charge in [0.2, 0.25) is 0 Å². The number of esters is 1. The summed E-state index contributed by atoms with van der Waals surface area (Å²) < 4.78 is 9.45. The monoisotopic (exact) mass is 209 g/mol. The van der Waals surface area contributed by atoms with Gasteiger partial charge in [0.15, 0.2) is 0 Å². The summed E-state index contributed by atoms with van der Waals surface area (Å²) in [5.74, 6) is -1.18. The number of Topliss-reactive ketones (excluding diaryl/α,β-unsaturated/α-hetero) is 1. The van der Waals surface area contributed by atoms with Crippen molar-refractivity contribution < 1.29 is 19.1 Å². The van der Waals surface area contributed by atoms with Crippen molar-refractivity contribution >= 4 is 11.8 Å². The molecule has 0 amide bonds. The lowest BCUT2D eigenvalue weighted by atomic mass is 10.2. The van der Waals surface area contributed by atoms with Crippen LogP contribution in [0.3, 0.4) is 0 Å². The molecule has 0 spiro atoms. The van der Waals surface area contributed by atoms with Crippen LogP contribution in [0.1, 0.15) is 17.3 Å². The molecule has 5 nitrogen and oxygen atoms in total. The zero-order valence-corrected chi connectivity index (χ0v) is 8.52. The molecule has 0 atom stereocenters. The van der Waals surface area contributed by atoms with Gasteiger partial charge in [0.25, 0.3) is 5.78 Å². The molecule has 0 aliphatic rings. The molecule has 0 saturated carbocycles. The number of hydrogen-bond acceptors (Lipinski definition) is 5. The van der Waals surface area contributed by atoms with Gasteiger partial charge in [0, 0.05) is 6.20 Å². The topological polar surface area (TPSA) is 65.5 Å². The Labute approximate surface area is 87.0 Å². The second kappa shape index (κ2) is 5.09. The molecule has 0 unspecified atom stereocenters. The Bertz CT molecular complexity index is 375. The van der Waals surface area contributed by atoms with Gasteiger partial charge in [-0.15, -0.1) is 0 Å². The molecule has 1 rings (SSSR count). The highest BCUT2D eigenvalue weighted by Crippen LogP contribution is 2.11. The van der Waals surface area contributed by atoms with E-state index in [0.29, 0.717) is 5.75 Å². The summed E-state index contributed by atoms with van der Waals surface area (Å²) in [5, 5.41) is 0. The van der Waals surface area contributed by atoms with Gasteiger partial charge in [-0.25, -0.2) is 4.79 Å². The van der Waals surface area contributed by atoms with Crippen molar-refractivity contribution in [1.82, 2.24) is 4.98 Å². The normalized spacial score (nSPS) is 9.47. The average Bonchev–Trinajstić information content (AvgIpc) is 2.28. The summed E-state index contributed by atoms with van der Waals surface area (Å²) in [6.07, 6.45) is 2.74. The lowest BCUT2D eigenvalue weighted by molar-refractivity contribution is -0.137. The number of aromatic nitrogens is 1. The molecule has 1 aromatic heterocycles. The molecular weight excluding hydrogens is 198 g/mol. The van der Waals surface area contributed by atoms with Gasteiger partial charge in [-0.05, 0) is 13.0 Å². The number of carbonyl (C=O) groups is 2. The lowest BCUT2D eigenvalue weighted by Gasteiger charge is -2.02. The van der Waals surface area contributed by atoms with Gasteiger partial charge >= 0.3 is 5.97 Å². The van der Waals surface area contributed by atoms with E-state index in [0.717, 1.165) is 0 Å². The Morgan fingerprint density at radius 2 is 2.13 bits per heavy atom. The fraction of sp³-hybridized carbons (Fsp3) is 0.300. The molecule has 1 aromatic rings. The van der Waals surface area contributed by atoms with Crippen LogP contribution >= 0.6 is 0 Å². The first-order chi connectivity index (χ1) is 7.19. The number of carbonyl (C=O) groups excluding carboxylic acids is 2. The Hall–Kier alpha value is -1.91. The van der Waals surface area contributed by atoms with Gasteiger partial charge in [-0.3, -0.25) is 9.78 Å². The van der Waals surface area contributed by atoms with E-state index < -0.39 is 11.8 Å². The summed E-state index contributed by atoms with van der Waals surface area (Å²) in [4.78, 5) is 26.3. The smallest absolute Gasteiger partial charge is 0.379 e. The van der Waals surface area contributed by atoms with E-state index in [2.05, 4.69) is 9.72 Å². The SMILES string of the molecule is CCOC(=O)C(=O)c1cncc(OC)c1. The van der Waals surface area contributed by atoms with Crippen molar-refractivity contribution in [2.75, 3.05) is 13.7 Å². The van der Waals surface area contributed by atoms with Gasteiger partial charge in [0.05, 0.1) is 25.5 Å². The van der Waals surface area contributed by atoms with E-state index in [4.69, 9.17) is 4.74 Å². The van der Waals surface area contributed by atoms with Crippen LogP contribution in [0.15, 0.2) is 18.5 Å². The number of methoxy groups -OCH3 is 1. The molecule has 0 N–H and O–H groups in total. The minimum Gasteiger partial charge on any atom is -0.495 e. The second-order valence-corrected chi connectivity index (χ2v) is 2.66. The number of nitrogens with zero attached hydrogens (tertiary/aromatic N) is 1. The van der Waals surface area contributed by atoms with Crippen molar-refractivity contribution in [3.8, 4) is 5.75 Å². The quantitative estimate of drug-likeness (QED) is 0.417. The first-order valence-corrected chi connectivity index (χ1v) is 4.39. The Morgan fingerprint density at radius 1 is 1.40 bits per heavy atom. The summed E-state index contributed by atoms with van der Waals surface area (Å²) in [6, 6.07) is 1.44. The molecule has 0 saturated heterocycles. The molecule has 0 bridgehead atoms. The molecule has 1 heterocycles. The summed E-state index contributed by atoms with van der Waals surface area (Å²) in [6.45, 7) is 1.80. The van der Waals surface area contributed by atoms with E-state index in [1.54, 1.807) is 6.92 Å². The van der Waals surface area contributed by atoms with E-state index in [-0.39, 0.29) is 12.2 Å². The predicted molar refractivity (Wildman–Crippen MR) is 51.8 cm³/mol. The highest BCUT2D eigenvalue weighted by molar-refractivity contribution is 6.40. The third kappa shape index (κ3) is 2.77. The largest absolute Gasteiger partial charge is 0.495 e. The van der Waals surface area contributed by atoms with Crippen molar-refractivity contribution in [1.29, 1.82) is 0 Å². The standard InChI is InChI=1S/C10H11NO4/c1-3-15-10(13)9(12)7-4-8(14-2)6-11-5-7/h4-6H,3H2,1-2H3. The fourth-order valence-electron chi connectivity index (χ4n) is 0.969. The van der Waals surface area contributed by atoms with Gasteiger partial charge in [-0.2, -0.15) is 0 Å². The minimum atomic E-state index is -0.882. The van der Waals surface area contributed by atoms with Crippen LogP contribution in [0.4, 0.5) is 0 Å². The van der Waals surface area contributed by atoms with Gasteiger partial charge in [0.1, 0.15) is 5.75 Å². The number of rotatable bonds is 4. The fourth-order valence-corrected chi connectivity index (χ4v) is 0.969. The van der Waals surface area contributed by atoms with Crippen LogP contribution in [0, 0.1) is 0 Å². The maximum atomic E-state index is 11.4. The molecule has 0 aliphatic heterocycles. The first kappa shape index (κ1) is 11.2. The zero-order valence-electron chi connectivity index (χ0n) is 8.52. The highest BCUT2D eigenvalue weighted by atomic mass is 16.5. The predicted octanol–water partition coefficient (Wildman–Crippen LogP) is 0.836. The van der Waals surface area contributed by atoms with Crippen molar-refractivity contribution in [2.24, 2.45) is 0 Å². The van der Waals surface area contributed by atoms with Crippen LogP contribution < -0.4 is 4.74 Å². The second-order valence-electron chi connectivity index (χ2n) is 2.66. The molecule has 0 fully saturated rings. The number of pyridine rings is 1. The van der Waals surface area contributed by atoms with Crippen LogP contribution in [-0.2, 0) is 9.53 Å². The van der Waals surface area contributed by atoms with Crippen LogP contribution in [0.25, 0.3) is 0 Å². The Balaban J connectivity index is 2.86. The van der Waals surface area contributed by atoms with Gasteiger partial charge < -0.3 is 9.47 Å². The average molecular weight is 209 g/mol. The maximum Gasteiger partial charge on any atom is 0.379 e. The number of hydrogen-bond donors (Lipinski definition) is 0. The van der Waals surface area contributed by atoms with Crippen molar-refractivity contribution in [3.63, 3.8) is 0 Å². The van der Waals surface area contributed by atoms with E-state index >= 15 is 0 Å². The number of ether oxygens (including phenoxy) is 2. The minimum absolute atomic E-state index is 0.160. The lowest BCUT2D eigenvalue weighted by Crippen LogP contribution is -2.17. The molecular formula is C10H11NO4. The molecule has 0 aliphatic carbocycles. The van der Waals surface area contributed by atoms with Crippen molar-refractivity contribution in [2.45, 2.75) is 6.92 Å². The Kier molecular flexibility index (Phi) is 3.79. The van der Waals surface area contributed by atoms with Crippen LogP contribution in [0.5, 0.6) is 5.75 Å². The molecule has 0 radical (unpaired) electrons. The maximum absolute atomic E-state index is 11.4. The van der Waals surface area contributed by atoms with Crippen molar-refractivity contribution in [3.05, 3.63) is 24.0 Å². The molecule has 5 heteroatoms. The zero-order chi connectivity index (χ0) is 11.3. The first-order valence-electron chi connectivity index (χ1n) is 4.39.